The molecule has 25 heavy (non-hydrogen) atoms. The van der Waals surface area contributed by atoms with Gasteiger partial charge in [0.2, 0.25) is 5.65 Å². The van der Waals surface area contributed by atoms with Gasteiger partial charge in [0, 0.05) is 11.1 Å². The third kappa shape index (κ3) is 2.62. The molecule has 8 heteroatoms. The Morgan fingerprint density at radius 3 is 2.80 bits per heavy atom. The first-order chi connectivity index (χ1) is 12.1. The number of rotatable bonds is 3. The van der Waals surface area contributed by atoms with Crippen LogP contribution in [0, 0.1) is 13.8 Å². The highest BCUT2D eigenvalue weighted by molar-refractivity contribution is 6.31. The Hall–Kier alpha value is -2.93. The molecule has 0 amide bonds. The summed E-state index contributed by atoms with van der Waals surface area (Å²) in [4.78, 5) is 4.68. The van der Waals surface area contributed by atoms with E-state index < -0.39 is 0 Å². The highest BCUT2D eigenvalue weighted by atomic mass is 35.5. The summed E-state index contributed by atoms with van der Waals surface area (Å²) in [5.41, 5.74) is 4.96. The van der Waals surface area contributed by atoms with E-state index in [1.165, 1.54) is 0 Å². The molecule has 0 aliphatic heterocycles. The SMILES string of the molecule is COc1cc(Cl)c(C)cc1Nc1nc2ccc(C)cc2n2nnnc12. The number of ether oxygens (including phenoxy) is 1. The first kappa shape index (κ1) is 15.6. The van der Waals surface area contributed by atoms with Crippen molar-refractivity contribution in [2.24, 2.45) is 0 Å². The maximum Gasteiger partial charge on any atom is 0.222 e. The largest absolute Gasteiger partial charge is 0.495 e. The summed E-state index contributed by atoms with van der Waals surface area (Å²) >= 11 is 6.18. The number of hydrogen-bond donors (Lipinski definition) is 1. The fourth-order valence-corrected chi connectivity index (χ4v) is 2.86. The molecule has 0 aliphatic rings. The van der Waals surface area contributed by atoms with Crippen LogP contribution < -0.4 is 10.1 Å². The third-order valence-electron chi connectivity index (χ3n) is 4.01. The van der Waals surface area contributed by atoms with Crippen LogP contribution in [0.2, 0.25) is 5.02 Å². The van der Waals surface area contributed by atoms with Crippen molar-refractivity contribution in [2.45, 2.75) is 13.8 Å². The molecule has 2 aromatic carbocycles. The normalized spacial score (nSPS) is 11.2. The molecule has 1 N–H and O–H groups in total. The summed E-state index contributed by atoms with van der Waals surface area (Å²) in [5, 5.41) is 15.9. The van der Waals surface area contributed by atoms with Crippen molar-refractivity contribution in [1.29, 1.82) is 0 Å². The predicted octanol–water partition coefficient (Wildman–Crippen LogP) is 3.69. The van der Waals surface area contributed by atoms with Gasteiger partial charge in [-0.3, -0.25) is 0 Å². The molecular weight excluding hydrogens is 340 g/mol. The van der Waals surface area contributed by atoms with E-state index in [4.69, 9.17) is 16.3 Å². The lowest BCUT2D eigenvalue weighted by atomic mass is 10.2. The summed E-state index contributed by atoms with van der Waals surface area (Å²) in [5.74, 6) is 1.16. The molecule has 0 bridgehead atoms. The van der Waals surface area contributed by atoms with Crippen LogP contribution in [0.15, 0.2) is 30.3 Å². The van der Waals surface area contributed by atoms with Gasteiger partial charge in [-0.05, 0) is 53.6 Å². The summed E-state index contributed by atoms with van der Waals surface area (Å²) in [7, 11) is 1.59. The Kier molecular flexibility index (Phi) is 3.65. The Labute approximate surface area is 148 Å². The van der Waals surface area contributed by atoms with Crippen LogP contribution in [-0.2, 0) is 0 Å². The van der Waals surface area contributed by atoms with Gasteiger partial charge >= 0.3 is 0 Å². The molecule has 0 unspecified atom stereocenters. The summed E-state index contributed by atoms with van der Waals surface area (Å²) < 4.78 is 7.09. The van der Waals surface area contributed by atoms with Crippen molar-refractivity contribution in [3.63, 3.8) is 0 Å². The minimum Gasteiger partial charge on any atom is -0.495 e. The Bertz CT molecular complexity index is 1110. The lowest BCUT2D eigenvalue weighted by Gasteiger charge is -2.13. The maximum absolute atomic E-state index is 6.18. The van der Waals surface area contributed by atoms with Crippen molar-refractivity contribution in [3.8, 4) is 5.75 Å². The number of hydrogen-bond acceptors (Lipinski definition) is 6. The number of aromatic nitrogens is 5. The Morgan fingerprint density at radius 1 is 1.16 bits per heavy atom. The molecule has 4 aromatic rings. The highest BCUT2D eigenvalue weighted by Crippen LogP contribution is 2.33. The van der Waals surface area contributed by atoms with E-state index in [0.29, 0.717) is 22.2 Å². The van der Waals surface area contributed by atoms with Crippen LogP contribution in [0.1, 0.15) is 11.1 Å². The number of anilines is 2. The molecule has 4 rings (SSSR count). The van der Waals surface area contributed by atoms with Crippen molar-refractivity contribution < 1.29 is 4.74 Å². The van der Waals surface area contributed by atoms with E-state index in [2.05, 4.69) is 25.8 Å². The van der Waals surface area contributed by atoms with Crippen LogP contribution in [0.5, 0.6) is 5.75 Å². The van der Waals surface area contributed by atoms with Crippen LogP contribution in [0.3, 0.4) is 0 Å². The number of aryl methyl sites for hydroxylation is 2. The zero-order chi connectivity index (χ0) is 17.6. The maximum atomic E-state index is 6.18. The van der Waals surface area contributed by atoms with Crippen LogP contribution in [0.25, 0.3) is 16.7 Å². The highest BCUT2D eigenvalue weighted by Gasteiger charge is 2.14. The zero-order valence-electron chi connectivity index (χ0n) is 13.9. The molecule has 0 atom stereocenters. The number of fused-ring (bicyclic) bond motifs is 3. The second-order valence-electron chi connectivity index (χ2n) is 5.79. The zero-order valence-corrected chi connectivity index (χ0v) is 14.7. The fourth-order valence-electron chi connectivity index (χ4n) is 2.71. The Balaban J connectivity index is 1.91. The first-order valence-corrected chi connectivity index (χ1v) is 8.04. The fraction of sp³-hybridized carbons (Fsp3) is 0.176. The molecule has 2 aromatic heterocycles. The molecule has 0 fully saturated rings. The monoisotopic (exact) mass is 354 g/mol. The number of nitrogens with one attached hydrogen (secondary N) is 1. The number of methoxy groups -OCH3 is 1. The third-order valence-corrected chi connectivity index (χ3v) is 4.41. The number of tetrazole rings is 1. The van der Waals surface area contributed by atoms with Crippen molar-refractivity contribution in [3.05, 3.63) is 46.5 Å². The molecule has 0 spiro atoms. The Morgan fingerprint density at radius 2 is 2.00 bits per heavy atom. The molecule has 2 heterocycles. The molecule has 0 saturated carbocycles. The summed E-state index contributed by atoms with van der Waals surface area (Å²) in [6, 6.07) is 9.62. The quantitative estimate of drug-likeness (QED) is 0.604. The summed E-state index contributed by atoms with van der Waals surface area (Å²) in [6.07, 6.45) is 0. The smallest absolute Gasteiger partial charge is 0.222 e. The van der Waals surface area contributed by atoms with Gasteiger partial charge in [-0.1, -0.05) is 17.7 Å². The van der Waals surface area contributed by atoms with Gasteiger partial charge in [0.15, 0.2) is 5.82 Å². The van der Waals surface area contributed by atoms with E-state index in [9.17, 15) is 0 Å². The summed E-state index contributed by atoms with van der Waals surface area (Å²) in [6.45, 7) is 3.95. The first-order valence-electron chi connectivity index (χ1n) is 7.66. The molecule has 126 valence electrons. The van der Waals surface area contributed by atoms with Crippen molar-refractivity contribution in [1.82, 2.24) is 25.0 Å². The lowest BCUT2D eigenvalue weighted by Crippen LogP contribution is -2.03. The molecular formula is C17H15ClN6O. The van der Waals surface area contributed by atoms with Gasteiger partial charge in [0.05, 0.1) is 23.8 Å². The molecule has 0 radical (unpaired) electrons. The predicted molar refractivity (Wildman–Crippen MR) is 96.8 cm³/mol. The van der Waals surface area contributed by atoms with E-state index in [-0.39, 0.29) is 0 Å². The number of nitrogens with zero attached hydrogens (tertiary/aromatic N) is 5. The average Bonchev–Trinajstić information content (AvgIpc) is 3.09. The lowest BCUT2D eigenvalue weighted by molar-refractivity contribution is 0.416. The standard InChI is InChI=1S/C17H15ClN6O/c1-9-4-5-12-14(6-9)24-17(21-22-23-24)16(19-12)20-13-7-10(2)11(18)8-15(13)25-3/h4-8H,1-3H3,(H,19,20). The van der Waals surface area contributed by atoms with Gasteiger partial charge in [0.25, 0.3) is 0 Å². The van der Waals surface area contributed by atoms with Gasteiger partial charge in [-0.15, -0.1) is 5.10 Å². The van der Waals surface area contributed by atoms with E-state index in [0.717, 1.165) is 27.8 Å². The van der Waals surface area contributed by atoms with Crippen LogP contribution in [0.4, 0.5) is 11.5 Å². The second-order valence-corrected chi connectivity index (χ2v) is 6.20. The van der Waals surface area contributed by atoms with E-state index in [1.54, 1.807) is 17.7 Å². The van der Waals surface area contributed by atoms with E-state index in [1.807, 2.05) is 38.1 Å². The van der Waals surface area contributed by atoms with Crippen molar-refractivity contribution in [2.75, 3.05) is 12.4 Å². The molecule has 7 nitrogen and oxygen atoms in total. The van der Waals surface area contributed by atoms with Gasteiger partial charge in [0.1, 0.15) is 5.75 Å². The number of halogens is 1. The van der Waals surface area contributed by atoms with Crippen LogP contribution >= 0.6 is 11.6 Å². The topological polar surface area (TPSA) is 77.2 Å². The van der Waals surface area contributed by atoms with E-state index >= 15 is 0 Å². The number of benzene rings is 2. The molecule has 0 aliphatic carbocycles. The second kappa shape index (κ2) is 5.86. The van der Waals surface area contributed by atoms with Crippen molar-refractivity contribution >= 4 is 39.8 Å². The average molecular weight is 355 g/mol. The molecule has 0 saturated heterocycles. The minimum absolute atomic E-state index is 0.535. The van der Waals surface area contributed by atoms with Gasteiger partial charge < -0.3 is 10.1 Å². The minimum atomic E-state index is 0.535. The van der Waals surface area contributed by atoms with Gasteiger partial charge in [-0.2, -0.15) is 4.52 Å². The van der Waals surface area contributed by atoms with Crippen LogP contribution in [-0.4, -0.2) is 32.1 Å². The van der Waals surface area contributed by atoms with Gasteiger partial charge in [-0.25, -0.2) is 4.98 Å².